The van der Waals surface area contributed by atoms with Crippen molar-refractivity contribution < 1.29 is 9.52 Å². The third-order valence-electron chi connectivity index (χ3n) is 2.20. The van der Waals surface area contributed by atoms with Gasteiger partial charge in [-0.05, 0) is 11.6 Å². The number of furan rings is 1. The largest absolute Gasteiger partial charge is 0.468 e. The van der Waals surface area contributed by atoms with Crippen LogP contribution in [0.5, 0.6) is 0 Å². The summed E-state index contributed by atoms with van der Waals surface area (Å²) in [5.74, 6) is 1.14. The SMILES string of the molecule is CC(CO)c1coc(C(C)(C)C)c1. The lowest BCUT2D eigenvalue weighted by Gasteiger charge is -2.13. The molecule has 0 aliphatic heterocycles. The second kappa shape index (κ2) is 3.54. The van der Waals surface area contributed by atoms with Crippen LogP contribution < -0.4 is 0 Å². The molecule has 0 aliphatic carbocycles. The summed E-state index contributed by atoms with van der Waals surface area (Å²) < 4.78 is 5.44. The minimum Gasteiger partial charge on any atom is -0.468 e. The Morgan fingerprint density at radius 1 is 1.46 bits per heavy atom. The third kappa shape index (κ3) is 2.34. The summed E-state index contributed by atoms with van der Waals surface area (Å²) >= 11 is 0. The molecule has 1 N–H and O–H groups in total. The Morgan fingerprint density at radius 2 is 2.08 bits per heavy atom. The van der Waals surface area contributed by atoms with Crippen molar-refractivity contribution in [3.8, 4) is 0 Å². The van der Waals surface area contributed by atoms with E-state index in [-0.39, 0.29) is 17.9 Å². The van der Waals surface area contributed by atoms with Gasteiger partial charge in [-0.1, -0.05) is 27.7 Å². The Morgan fingerprint density at radius 3 is 2.46 bits per heavy atom. The number of hydrogen-bond donors (Lipinski definition) is 1. The third-order valence-corrected chi connectivity index (χ3v) is 2.20. The first-order valence-corrected chi connectivity index (χ1v) is 4.65. The standard InChI is InChI=1S/C11H18O2/c1-8(6-12)9-5-10(13-7-9)11(2,3)4/h5,7-8,12H,6H2,1-4H3. The summed E-state index contributed by atoms with van der Waals surface area (Å²) in [6, 6.07) is 2.03. The molecule has 1 aromatic rings. The number of aliphatic hydroxyl groups is 1. The van der Waals surface area contributed by atoms with Gasteiger partial charge in [0.05, 0.1) is 6.26 Å². The summed E-state index contributed by atoms with van der Waals surface area (Å²) in [4.78, 5) is 0. The zero-order chi connectivity index (χ0) is 10.1. The molecule has 0 bridgehead atoms. The Balaban J connectivity index is 2.87. The lowest BCUT2D eigenvalue weighted by molar-refractivity contribution is 0.272. The van der Waals surface area contributed by atoms with Crippen LogP contribution in [-0.4, -0.2) is 11.7 Å². The van der Waals surface area contributed by atoms with Crippen molar-refractivity contribution in [2.75, 3.05) is 6.61 Å². The van der Waals surface area contributed by atoms with Gasteiger partial charge in [0, 0.05) is 17.9 Å². The van der Waals surface area contributed by atoms with Crippen molar-refractivity contribution in [2.24, 2.45) is 0 Å². The van der Waals surface area contributed by atoms with Gasteiger partial charge in [0.15, 0.2) is 0 Å². The van der Waals surface area contributed by atoms with Crippen molar-refractivity contribution in [2.45, 2.75) is 39.0 Å². The maximum atomic E-state index is 8.96. The van der Waals surface area contributed by atoms with Gasteiger partial charge in [-0.3, -0.25) is 0 Å². The van der Waals surface area contributed by atoms with Crippen LogP contribution in [0.4, 0.5) is 0 Å². The summed E-state index contributed by atoms with van der Waals surface area (Å²) in [6.45, 7) is 8.48. The molecule has 1 heterocycles. The molecule has 2 heteroatoms. The molecule has 0 saturated carbocycles. The average molecular weight is 182 g/mol. The molecule has 0 radical (unpaired) electrons. The molecule has 0 aliphatic rings. The van der Waals surface area contributed by atoms with Crippen LogP contribution >= 0.6 is 0 Å². The van der Waals surface area contributed by atoms with Crippen LogP contribution in [0.3, 0.4) is 0 Å². The Kier molecular flexibility index (Phi) is 2.81. The number of aliphatic hydroxyl groups excluding tert-OH is 1. The Hall–Kier alpha value is -0.760. The summed E-state index contributed by atoms with van der Waals surface area (Å²) in [5, 5.41) is 8.96. The first-order chi connectivity index (χ1) is 5.95. The normalized spacial score (nSPS) is 14.5. The van der Waals surface area contributed by atoms with Crippen molar-refractivity contribution in [3.05, 3.63) is 23.7 Å². The van der Waals surface area contributed by atoms with Crippen molar-refractivity contribution in [1.82, 2.24) is 0 Å². The van der Waals surface area contributed by atoms with E-state index in [4.69, 9.17) is 9.52 Å². The van der Waals surface area contributed by atoms with Gasteiger partial charge in [0.1, 0.15) is 5.76 Å². The monoisotopic (exact) mass is 182 g/mol. The molecular formula is C11H18O2. The highest BCUT2D eigenvalue weighted by Crippen LogP contribution is 2.27. The minimum atomic E-state index is 0.0490. The molecule has 1 atom stereocenters. The summed E-state index contributed by atoms with van der Waals surface area (Å²) in [7, 11) is 0. The van der Waals surface area contributed by atoms with Crippen molar-refractivity contribution in [1.29, 1.82) is 0 Å². The summed E-state index contributed by atoms with van der Waals surface area (Å²) in [6.07, 6.45) is 1.74. The van der Waals surface area contributed by atoms with E-state index in [2.05, 4.69) is 20.8 Å². The van der Waals surface area contributed by atoms with Crippen LogP contribution in [0.25, 0.3) is 0 Å². The van der Waals surface area contributed by atoms with E-state index in [0.717, 1.165) is 11.3 Å². The van der Waals surface area contributed by atoms with Gasteiger partial charge in [0.2, 0.25) is 0 Å². The van der Waals surface area contributed by atoms with Gasteiger partial charge >= 0.3 is 0 Å². The first kappa shape index (κ1) is 10.3. The fourth-order valence-corrected chi connectivity index (χ4v) is 1.11. The molecule has 0 spiro atoms. The van der Waals surface area contributed by atoms with Crippen molar-refractivity contribution >= 4 is 0 Å². The molecule has 1 aromatic heterocycles. The molecule has 0 amide bonds. The lowest BCUT2D eigenvalue weighted by Crippen LogP contribution is -2.09. The fourth-order valence-electron chi connectivity index (χ4n) is 1.11. The zero-order valence-corrected chi connectivity index (χ0v) is 8.79. The van der Waals surface area contributed by atoms with Gasteiger partial charge in [0.25, 0.3) is 0 Å². The highest BCUT2D eigenvalue weighted by molar-refractivity contribution is 5.21. The topological polar surface area (TPSA) is 33.4 Å². The second-order valence-electron chi connectivity index (χ2n) is 4.58. The van der Waals surface area contributed by atoms with E-state index in [9.17, 15) is 0 Å². The van der Waals surface area contributed by atoms with Gasteiger partial charge < -0.3 is 9.52 Å². The fraction of sp³-hybridized carbons (Fsp3) is 0.636. The highest BCUT2D eigenvalue weighted by atomic mass is 16.3. The molecule has 13 heavy (non-hydrogen) atoms. The zero-order valence-electron chi connectivity index (χ0n) is 8.79. The average Bonchev–Trinajstić information content (AvgIpc) is 2.50. The summed E-state index contributed by atoms with van der Waals surface area (Å²) in [5.41, 5.74) is 1.13. The maximum Gasteiger partial charge on any atom is 0.109 e. The van der Waals surface area contributed by atoms with Gasteiger partial charge in [-0.2, -0.15) is 0 Å². The van der Waals surface area contributed by atoms with E-state index >= 15 is 0 Å². The van der Waals surface area contributed by atoms with E-state index in [1.807, 2.05) is 13.0 Å². The minimum absolute atomic E-state index is 0.0490. The molecule has 74 valence electrons. The quantitative estimate of drug-likeness (QED) is 0.762. The van der Waals surface area contributed by atoms with Gasteiger partial charge in [-0.15, -0.1) is 0 Å². The van der Waals surface area contributed by atoms with Crippen LogP contribution in [0, 0.1) is 0 Å². The number of hydrogen-bond acceptors (Lipinski definition) is 2. The van der Waals surface area contributed by atoms with Gasteiger partial charge in [-0.25, -0.2) is 0 Å². The molecular weight excluding hydrogens is 164 g/mol. The lowest BCUT2D eigenvalue weighted by atomic mass is 9.92. The molecule has 0 saturated heterocycles. The van der Waals surface area contributed by atoms with E-state index in [0.29, 0.717) is 0 Å². The predicted octanol–water partition coefficient (Wildman–Crippen LogP) is 2.67. The smallest absolute Gasteiger partial charge is 0.109 e. The van der Waals surface area contributed by atoms with E-state index in [1.54, 1.807) is 6.26 Å². The first-order valence-electron chi connectivity index (χ1n) is 4.65. The molecule has 0 aromatic carbocycles. The van der Waals surface area contributed by atoms with Crippen LogP contribution in [0.15, 0.2) is 16.7 Å². The molecule has 1 unspecified atom stereocenters. The predicted molar refractivity (Wildman–Crippen MR) is 52.9 cm³/mol. The van der Waals surface area contributed by atoms with Crippen molar-refractivity contribution in [3.63, 3.8) is 0 Å². The molecule has 2 nitrogen and oxygen atoms in total. The van der Waals surface area contributed by atoms with Crippen LogP contribution in [0.2, 0.25) is 0 Å². The highest BCUT2D eigenvalue weighted by Gasteiger charge is 2.19. The maximum absolute atomic E-state index is 8.96. The molecule has 1 rings (SSSR count). The number of rotatable bonds is 2. The van der Waals surface area contributed by atoms with E-state index < -0.39 is 0 Å². The Bertz CT molecular complexity index is 268. The van der Waals surface area contributed by atoms with E-state index in [1.165, 1.54) is 0 Å². The van der Waals surface area contributed by atoms with Crippen LogP contribution in [0.1, 0.15) is 44.9 Å². The Labute approximate surface area is 79.6 Å². The second-order valence-corrected chi connectivity index (χ2v) is 4.58. The molecule has 0 fully saturated rings. The van der Waals surface area contributed by atoms with Crippen LogP contribution in [-0.2, 0) is 5.41 Å².